The zero-order valence-electron chi connectivity index (χ0n) is 11.7. The molecule has 0 radical (unpaired) electrons. The first-order valence-corrected chi connectivity index (χ1v) is 7.40. The summed E-state index contributed by atoms with van der Waals surface area (Å²) in [5.74, 6) is 0. The van der Waals surface area contributed by atoms with Gasteiger partial charge in [-0.3, -0.25) is 0 Å². The number of aliphatic hydroxyl groups excluding tert-OH is 1. The van der Waals surface area contributed by atoms with Crippen LogP contribution in [0.4, 0.5) is 0 Å². The van der Waals surface area contributed by atoms with Crippen molar-refractivity contribution < 1.29 is 14.6 Å². The second-order valence-electron chi connectivity index (χ2n) is 5.08. The maximum atomic E-state index is 9.72. The van der Waals surface area contributed by atoms with Crippen LogP contribution in [0.15, 0.2) is 0 Å². The highest BCUT2D eigenvalue weighted by molar-refractivity contribution is 4.74. The molecule has 0 spiro atoms. The third-order valence-electron chi connectivity index (χ3n) is 3.32. The molecule has 1 unspecified atom stereocenters. The first-order chi connectivity index (χ1) is 8.83. The highest BCUT2D eigenvalue weighted by atomic mass is 16.5. The molecule has 0 amide bonds. The van der Waals surface area contributed by atoms with Crippen molar-refractivity contribution >= 4 is 0 Å². The van der Waals surface area contributed by atoms with Crippen LogP contribution in [0.3, 0.4) is 0 Å². The molecule has 4 heteroatoms. The van der Waals surface area contributed by atoms with Crippen LogP contribution in [0, 0.1) is 0 Å². The summed E-state index contributed by atoms with van der Waals surface area (Å²) in [6, 6.07) is 0.608. The van der Waals surface area contributed by atoms with Crippen LogP contribution < -0.4 is 5.32 Å². The highest BCUT2D eigenvalue weighted by Crippen LogP contribution is 2.17. The molecule has 1 fully saturated rings. The van der Waals surface area contributed by atoms with Crippen molar-refractivity contribution in [3.8, 4) is 0 Å². The zero-order valence-corrected chi connectivity index (χ0v) is 11.7. The number of nitrogens with one attached hydrogen (secondary N) is 1. The Morgan fingerprint density at radius 2 is 1.89 bits per heavy atom. The van der Waals surface area contributed by atoms with E-state index in [0.29, 0.717) is 32.4 Å². The van der Waals surface area contributed by atoms with Crippen LogP contribution in [0.1, 0.15) is 45.4 Å². The van der Waals surface area contributed by atoms with Crippen molar-refractivity contribution in [3.63, 3.8) is 0 Å². The molecular weight excluding hydrogens is 230 g/mol. The van der Waals surface area contributed by atoms with Gasteiger partial charge >= 0.3 is 0 Å². The van der Waals surface area contributed by atoms with Gasteiger partial charge < -0.3 is 19.9 Å². The molecule has 0 aromatic heterocycles. The molecule has 0 aliphatic heterocycles. The van der Waals surface area contributed by atoms with Gasteiger partial charge in [-0.1, -0.05) is 26.2 Å². The van der Waals surface area contributed by atoms with E-state index < -0.39 is 6.10 Å². The van der Waals surface area contributed by atoms with Crippen LogP contribution in [0.5, 0.6) is 0 Å². The minimum absolute atomic E-state index is 0.400. The lowest BCUT2D eigenvalue weighted by molar-refractivity contribution is 0.00325. The quantitative estimate of drug-likeness (QED) is 0.555. The van der Waals surface area contributed by atoms with E-state index in [1.54, 1.807) is 0 Å². The SMILES string of the molecule is CCCCOCCOCC(O)CNC1CCCC1. The summed E-state index contributed by atoms with van der Waals surface area (Å²) in [6.45, 7) is 5.20. The van der Waals surface area contributed by atoms with Crippen molar-refractivity contribution in [2.24, 2.45) is 0 Å². The molecule has 4 nitrogen and oxygen atoms in total. The second kappa shape index (κ2) is 10.7. The fourth-order valence-electron chi connectivity index (χ4n) is 2.18. The molecule has 0 aromatic carbocycles. The third kappa shape index (κ3) is 8.03. The van der Waals surface area contributed by atoms with Crippen LogP contribution in [0.2, 0.25) is 0 Å². The fraction of sp³-hybridized carbons (Fsp3) is 1.00. The molecule has 0 heterocycles. The largest absolute Gasteiger partial charge is 0.389 e. The van der Waals surface area contributed by atoms with E-state index in [-0.39, 0.29) is 0 Å². The maximum absolute atomic E-state index is 9.72. The number of unbranched alkanes of at least 4 members (excludes halogenated alkanes) is 1. The molecule has 0 bridgehead atoms. The van der Waals surface area contributed by atoms with Crippen LogP contribution in [-0.2, 0) is 9.47 Å². The Kier molecular flexibility index (Phi) is 9.48. The van der Waals surface area contributed by atoms with E-state index >= 15 is 0 Å². The summed E-state index contributed by atoms with van der Waals surface area (Å²) in [6.07, 6.45) is 7.00. The first-order valence-electron chi connectivity index (χ1n) is 7.40. The Bertz CT molecular complexity index is 184. The van der Waals surface area contributed by atoms with Gasteiger partial charge in [-0.25, -0.2) is 0 Å². The molecule has 0 saturated heterocycles. The summed E-state index contributed by atoms with van der Waals surface area (Å²) in [5.41, 5.74) is 0. The van der Waals surface area contributed by atoms with Crippen molar-refractivity contribution in [2.75, 3.05) is 33.0 Å². The molecule has 1 aliphatic carbocycles. The molecule has 0 aromatic rings. The van der Waals surface area contributed by atoms with Gasteiger partial charge in [-0.15, -0.1) is 0 Å². The van der Waals surface area contributed by atoms with Crippen molar-refractivity contribution in [3.05, 3.63) is 0 Å². The topological polar surface area (TPSA) is 50.7 Å². The van der Waals surface area contributed by atoms with Gasteiger partial charge in [-0.05, 0) is 19.3 Å². The van der Waals surface area contributed by atoms with E-state index in [1.807, 2.05) is 0 Å². The van der Waals surface area contributed by atoms with Gasteiger partial charge in [0.05, 0.1) is 25.9 Å². The minimum Gasteiger partial charge on any atom is -0.389 e. The van der Waals surface area contributed by atoms with Gasteiger partial charge in [0.25, 0.3) is 0 Å². The van der Waals surface area contributed by atoms with Crippen molar-refractivity contribution in [2.45, 2.75) is 57.6 Å². The van der Waals surface area contributed by atoms with Gasteiger partial charge in [0.15, 0.2) is 0 Å². The lowest BCUT2D eigenvalue weighted by atomic mass is 10.2. The average molecular weight is 259 g/mol. The van der Waals surface area contributed by atoms with Gasteiger partial charge in [0.2, 0.25) is 0 Å². The summed E-state index contributed by atoms with van der Waals surface area (Å²) >= 11 is 0. The lowest BCUT2D eigenvalue weighted by Gasteiger charge is -2.16. The summed E-state index contributed by atoms with van der Waals surface area (Å²) in [4.78, 5) is 0. The van der Waals surface area contributed by atoms with Crippen LogP contribution in [0.25, 0.3) is 0 Å². The minimum atomic E-state index is -0.402. The van der Waals surface area contributed by atoms with Gasteiger partial charge in [0.1, 0.15) is 0 Å². The van der Waals surface area contributed by atoms with E-state index in [0.717, 1.165) is 19.4 Å². The molecule has 1 aliphatic rings. The maximum Gasteiger partial charge on any atom is 0.0897 e. The number of ether oxygens (including phenoxy) is 2. The second-order valence-corrected chi connectivity index (χ2v) is 5.08. The van der Waals surface area contributed by atoms with E-state index in [4.69, 9.17) is 9.47 Å². The standard InChI is InChI=1S/C14H29NO3/c1-2-3-8-17-9-10-18-12-14(16)11-15-13-6-4-5-7-13/h13-16H,2-12H2,1H3. The van der Waals surface area contributed by atoms with E-state index in [2.05, 4.69) is 12.2 Å². The normalized spacial score (nSPS) is 18.3. The molecule has 2 N–H and O–H groups in total. The number of hydrogen-bond donors (Lipinski definition) is 2. The summed E-state index contributed by atoms with van der Waals surface area (Å²) < 4.78 is 10.8. The number of hydrogen-bond acceptors (Lipinski definition) is 4. The van der Waals surface area contributed by atoms with E-state index in [1.165, 1.54) is 25.7 Å². The monoisotopic (exact) mass is 259 g/mol. The summed E-state index contributed by atoms with van der Waals surface area (Å²) in [7, 11) is 0. The molecular formula is C14H29NO3. The van der Waals surface area contributed by atoms with Gasteiger partial charge in [-0.2, -0.15) is 0 Å². The summed E-state index contributed by atoms with van der Waals surface area (Å²) in [5, 5.41) is 13.1. The molecule has 108 valence electrons. The van der Waals surface area contributed by atoms with Gasteiger partial charge in [0, 0.05) is 19.2 Å². The number of aliphatic hydroxyl groups is 1. The third-order valence-corrected chi connectivity index (χ3v) is 3.32. The Morgan fingerprint density at radius 3 is 2.61 bits per heavy atom. The fourth-order valence-corrected chi connectivity index (χ4v) is 2.18. The van der Waals surface area contributed by atoms with E-state index in [9.17, 15) is 5.11 Å². The predicted octanol–water partition coefficient (Wildman–Crippen LogP) is 1.71. The first kappa shape index (κ1) is 15.9. The molecule has 1 rings (SSSR count). The molecule has 18 heavy (non-hydrogen) atoms. The Hall–Kier alpha value is -0.160. The Morgan fingerprint density at radius 1 is 1.17 bits per heavy atom. The van der Waals surface area contributed by atoms with Crippen LogP contribution in [-0.4, -0.2) is 50.2 Å². The predicted molar refractivity (Wildman–Crippen MR) is 72.8 cm³/mol. The van der Waals surface area contributed by atoms with Crippen molar-refractivity contribution in [1.82, 2.24) is 5.32 Å². The molecule has 1 atom stereocenters. The van der Waals surface area contributed by atoms with Crippen LogP contribution >= 0.6 is 0 Å². The average Bonchev–Trinajstić information content (AvgIpc) is 2.88. The zero-order chi connectivity index (χ0) is 13.1. The highest BCUT2D eigenvalue weighted by Gasteiger charge is 2.15. The van der Waals surface area contributed by atoms with Crippen molar-refractivity contribution in [1.29, 1.82) is 0 Å². The lowest BCUT2D eigenvalue weighted by Crippen LogP contribution is -2.36. The smallest absolute Gasteiger partial charge is 0.0897 e. The molecule has 1 saturated carbocycles. The number of rotatable bonds is 11. The Labute approximate surface area is 111 Å². The Balaban J connectivity index is 1.82.